The molecule has 1 amide bonds. The number of rotatable bonds is 5. The van der Waals surface area contributed by atoms with Crippen molar-refractivity contribution in [2.24, 2.45) is 0 Å². The second kappa shape index (κ2) is 8.00. The minimum absolute atomic E-state index is 0.0156. The molecule has 0 spiro atoms. The number of anilines is 1. The van der Waals surface area contributed by atoms with Crippen LogP contribution in [0.5, 0.6) is 0 Å². The van der Waals surface area contributed by atoms with Gasteiger partial charge in [-0.15, -0.1) is 0 Å². The highest BCUT2D eigenvalue weighted by Gasteiger charge is 2.35. The molecule has 4 aromatic rings. The Kier molecular flexibility index (Phi) is 5.03. The Bertz CT molecular complexity index is 1250. The maximum atomic E-state index is 12.6. The number of amides is 1. The van der Waals surface area contributed by atoms with Gasteiger partial charge in [-0.2, -0.15) is 10.1 Å². The lowest BCUT2D eigenvalue weighted by Gasteiger charge is -2.16. The fourth-order valence-electron chi connectivity index (χ4n) is 3.93. The lowest BCUT2D eigenvalue weighted by Crippen LogP contribution is -2.24. The molecule has 0 saturated carbocycles. The van der Waals surface area contributed by atoms with Crippen molar-refractivity contribution >= 4 is 23.2 Å². The molecule has 156 valence electrons. The molecule has 0 radical (unpaired) electrons. The zero-order valence-electron chi connectivity index (χ0n) is 16.9. The van der Waals surface area contributed by atoms with Gasteiger partial charge in [0.1, 0.15) is 0 Å². The molecular weight excluding hydrogens is 414 g/mol. The van der Waals surface area contributed by atoms with Gasteiger partial charge in [0, 0.05) is 47.5 Å². The molecule has 1 aliphatic heterocycles. The molecule has 0 unspecified atom stereocenters. The zero-order valence-corrected chi connectivity index (χ0v) is 17.7. The van der Waals surface area contributed by atoms with Gasteiger partial charge in [-0.25, -0.2) is 0 Å². The van der Waals surface area contributed by atoms with Gasteiger partial charge in [0.05, 0.1) is 11.6 Å². The number of benzene rings is 2. The van der Waals surface area contributed by atoms with E-state index >= 15 is 0 Å². The van der Waals surface area contributed by atoms with E-state index in [9.17, 15) is 4.79 Å². The largest absolute Gasteiger partial charge is 0.339 e. The summed E-state index contributed by atoms with van der Waals surface area (Å²) in [5.74, 6) is 0.837. The first kappa shape index (κ1) is 19.5. The lowest BCUT2D eigenvalue weighted by atomic mass is 10.1. The zero-order chi connectivity index (χ0) is 21.4. The maximum Gasteiger partial charge on any atom is 0.232 e. The van der Waals surface area contributed by atoms with Crippen LogP contribution in [0.15, 0.2) is 65.3 Å². The molecule has 5 rings (SSSR count). The highest BCUT2D eigenvalue weighted by atomic mass is 35.5. The average Bonchev–Trinajstić information content (AvgIpc) is 3.53. The number of carbonyl (C=O) groups excluding carboxylic acids is 1. The van der Waals surface area contributed by atoms with Crippen LogP contribution >= 0.6 is 11.6 Å². The van der Waals surface area contributed by atoms with Crippen LogP contribution in [0, 0.1) is 0 Å². The van der Waals surface area contributed by atoms with Crippen LogP contribution in [-0.4, -0.2) is 32.4 Å². The summed E-state index contributed by atoms with van der Waals surface area (Å²) >= 11 is 6.08. The van der Waals surface area contributed by atoms with Gasteiger partial charge in [-0.3, -0.25) is 9.48 Å². The van der Waals surface area contributed by atoms with E-state index in [0.717, 1.165) is 29.1 Å². The Hall–Kier alpha value is -3.45. The Morgan fingerprint density at radius 2 is 1.97 bits per heavy atom. The van der Waals surface area contributed by atoms with E-state index in [0.29, 0.717) is 29.7 Å². The van der Waals surface area contributed by atoms with Crippen LogP contribution in [-0.2, 0) is 11.3 Å². The normalized spacial score (nSPS) is 16.3. The summed E-state index contributed by atoms with van der Waals surface area (Å²) in [6, 6.07) is 17.2. The summed E-state index contributed by atoms with van der Waals surface area (Å²) in [7, 11) is 0. The van der Waals surface area contributed by atoms with Crippen molar-refractivity contribution in [2.45, 2.75) is 25.8 Å². The number of hydrogen-bond acceptors (Lipinski definition) is 5. The lowest BCUT2D eigenvalue weighted by molar-refractivity contribution is -0.117. The van der Waals surface area contributed by atoms with Gasteiger partial charge in [-0.05, 0) is 37.3 Å². The molecule has 1 aliphatic rings. The van der Waals surface area contributed by atoms with E-state index < -0.39 is 0 Å². The first-order valence-corrected chi connectivity index (χ1v) is 10.5. The minimum atomic E-state index is -0.155. The number of halogens is 1. The number of nitrogens with zero attached hydrogens (tertiary/aromatic N) is 5. The van der Waals surface area contributed by atoms with Crippen LogP contribution in [0.25, 0.3) is 22.6 Å². The SMILES string of the molecule is CCn1nccc1-c1cccc(-c2noc([C@H]3CC(=O)N(c4cccc(Cl)c4)C3)n2)c1. The molecular formula is C23H20ClN5O2. The van der Waals surface area contributed by atoms with Crippen LogP contribution in [0.4, 0.5) is 5.69 Å². The summed E-state index contributed by atoms with van der Waals surface area (Å²) < 4.78 is 7.49. The van der Waals surface area contributed by atoms with Gasteiger partial charge < -0.3 is 9.42 Å². The molecule has 31 heavy (non-hydrogen) atoms. The predicted octanol–water partition coefficient (Wildman–Crippen LogP) is 4.79. The Balaban J connectivity index is 1.39. The van der Waals surface area contributed by atoms with Crippen molar-refractivity contribution in [3.8, 4) is 22.6 Å². The third-order valence-corrected chi connectivity index (χ3v) is 5.70. The van der Waals surface area contributed by atoms with Crippen molar-refractivity contribution in [2.75, 3.05) is 11.4 Å². The summed E-state index contributed by atoms with van der Waals surface area (Å²) in [6.07, 6.45) is 2.12. The molecule has 3 heterocycles. The number of aromatic nitrogens is 4. The standard InChI is InChI=1S/C23H20ClN5O2/c1-2-29-20(9-10-25-29)15-5-3-6-16(11-15)22-26-23(31-27-22)17-12-21(30)28(14-17)19-8-4-7-18(24)13-19/h3-11,13,17H,2,12,14H2,1H3/t17-/m0/s1. The van der Waals surface area contributed by atoms with Gasteiger partial charge in [0.25, 0.3) is 0 Å². The summed E-state index contributed by atoms with van der Waals surface area (Å²) in [5.41, 5.74) is 3.70. The monoisotopic (exact) mass is 433 g/mol. The number of carbonyl (C=O) groups is 1. The highest BCUT2D eigenvalue weighted by Crippen LogP contribution is 2.33. The fraction of sp³-hybridized carbons (Fsp3) is 0.217. The minimum Gasteiger partial charge on any atom is -0.339 e. The summed E-state index contributed by atoms with van der Waals surface area (Å²) in [4.78, 5) is 18.9. The van der Waals surface area contributed by atoms with E-state index in [2.05, 4.69) is 22.2 Å². The number of aryl methyl sites for hydroxylation is 1. The highest BCUT2D eigenvalue weighted by molar-refractivity contribution is 6.30. The van der Waals surface area contributed by atoms with E-state index in [-0.39, 0.29) is 11.8 Å². The molecule has 0 N–H and O–H groups in total. The second-order valence-electron chi connectivity index (χ2n) is 7.45. The summed E-state index contributed by atoms with van der Waals surface area (Å²) in [6.45, 7) is 3.33. The molecule has 0 aliphatic carbocycles. The first-order valence-electron chi connectivity index (χ1n) is 10.1. The molecule has 8 heteroatoms. The Morgan fingerprint density at radius 3 is 2.81 bits per heavy atom. The smallest absolute Gasteiger partial charge is 0.232 e. The average molecular weight is 434 g/mol. The molecule has 2 aromatic heterocycles. The Morgan fingerprint density at radius 1 is 1.13 bits per heavy atom. The van der Waals surface area contributed by atoms with Crippen molar-refractivity contribution < 1.29 is 9.32 Å². The fourth-order valence-corrected chi connectivity index (χ4v) is 4.12. The van der Waals surface area contributed by atoms with Gasteiger partial charge in [-0.1, -0.05) is 41.0 Å². The number of hydrogen-bond donors (Lipinski definition) is 0. The Labute approximate surface area is 184 Å². The predicted molar refractivity (Wildman–Crippen MR) is 118 cm³/mol. The molecule has 1 saturated heterocycles. The third-order valence-electron chi connectivity index (χ3n) is 5.47. The molecule has 0 bridgehead atoms. The van der Waals surface area contributed by atoms with Crippen molar-refractivity contribution in [1.82, 2.24) is 19.9 Å². The van der Waals surface area contributed by atoms with Crippen molar-refractivity contribution in [3.63, 3.8) is 0 Å². The van der Waals surface area contributed by atoms with Crippen molar-refractivity contribution in [1.29, 1.82) is 0 Å². The van der Waals surface area contributed by atoms with Crippen LogP contribution in [0.2, 0.25) is 5.02 Å². The summed E-state index contributed by atoms with van der Waals surface area (Å²) in [5, 5.41) is 9.11. The third kappa shape index (κ3) is 3.72. The van der Waals surface area contributed by atoms with Crippen molar-refractivity contribution in [3.05, 3.63) is 71.7 Å². The van der Waals surface area contributed by atoms with Gasteiger partial charge in [0.15, 0.2) is 0 Å². The van der Waals surface area contributed by atoms with Crippen LogP contribution in [0.3, 0.4) is 0 Å². The van der Waals surface area contributed by atoms with Gasteiger partial charge >= 0.3 is 0 Å². The van der Waals surface area contributed by atoms with E-state index in [1.54, 1.807) is 23.2 Å². The van der Waals surface area contributed by atoms with E-state index in [4.69, 9.17) is 16.1 Å². The van der Waals surface area contributed by atoms with E-state index in [1.807, 2.05) is 47.1 Å². The maximum absolute atomic E-state index is 12.6. The quantitative estimate of drug-likeness (QED) is 0.452. The first-order chi connectivity index (χ1) is 15.1. The molecule has 7 nitrogen and oxygen atoms in total. The van der Waals surface area contributed by atoms with Crippen LogP contribution < -0.4 is 4.90 Å². The molecule has 1 atom stereocenters. The second-order valence-corrected chi connectivity index (χ2v) is 7.89. The topological polar surface area (TPSA) is 77.0 Å². The van der Waals surface area contributed by atoms with Crippen LogP contribution in [0.1, 0.15) is 25.2 Å². The molecule has 1 fully saturated rings. The molecule has 2 aromatic carbocycles. The van der Waals surface area contributed by atoms with E-state index in [1.165, 1.54) is 0 Å². The van der Waals surface area contributed by atoms with Gasteiger partial charge in [0.2, 0.25) is 17.6 Å².